The molecule has 0 atom stereocenters. The van der Waals surface area contributed by atoms with Gasteiger partial charge < -0.3 is 4.57 Å². The van der Waals surface area contributed by atoms with E-state index in [1.165, 1.54) is 11.3 Å². The zero-order valence-electron chi connectivity index (χ0n) is 9.52. The van der Waals surface area contributed by atoms with Crippen LogP contribution in [0.5, 0.6) is 0 Å². The van der Waals surface area contributed by atoms with Crippen LogP contribution >= 0.6 is 11.6 Å². The average Bonchev–Trinajstić information content (AvgIpc) is 2.68. The van der Waals surface area contributed by atoms with Gasteiger partial charge in [0.15, 0.2) is 0 Å². The summed E-state index contributed by atoms with van der Waals surface area (Å²) in [6.45, 7) is 0. The highest BCUT2D eigenvalue weighted by Crippen LogP contribution is 2.31. The van der Waals surface area contributed by atoms with Gasteiger partial charge in [-0.15, -0.1) is 0 Å². The van der Waals surface area contributed by atoms with Gasteiger partial charge in [-0.3, -0.25) is 0 Å². The summed E-state index contributed by atoms with van der Waals surface area (Å²) in [6.07, 6.45) is 10.3. The Morgan fingerprint density at radius 3 is 3.12 bits per heavy atom. The van der Waals surface area contributed by atoms with E-state index in [0.29, 0.717) is 5.28 Å². The molecule has 0 amide bonds. The maximum Gasteiger partial charge on any atom is 0.222 e. The van der Waals surface area contributed by atoms with Crippen LogP contribution in [-0.2, 0) is 13.5 Å². The predicted octanol–water partition coefficient (Wildman–Crippen LogP) is 3.09. The van der Waals surface area contributed by atoms with Crippen molar-refractivity contribution in [2.45, 2.75) is 12.8 Å². The molecule has 0 aromatic carbocycles. The fourth-order valence-corrected chi connectivity index (χ4v) is 2.45. The Bertz CT molecular complexity index is 599. The summed E-state index contributed by atoms with van der Waals surface area (Å²) in [4.78, 5) is 8.20. The van der Waals surface area contributed by atoms with E-state index in [1.54, 1.807) is 6.20 Å². The van der Waals surface area contributed by atoms with Crippen LogP contribution in [0.2, 0.25) is 5.28 Å². The second-order valence-corrected chi connectivity index (χ2v) is 4.51. The van der Waals surface area contributed by atoms with Crippen LogP contribution in [0.15, 0.2) is 24.5 Å². The normalized spacial score (nSPS) is 13.8. The Morgan fingerprint density at radius 2 is 2.29 bits per heavy atom. The molecule has 2 heterocycles. The first kappa shape index (κ1) is 10.5. The molecular formula is C13H12ClN3. The summed E-state index contributed by atoms with van der Waals surface area (Å²) in [5.74, 6) is 0. The van der Waals surface area contributed by atoms with Crippen LogP contribution in [0.25, 0.3) is 17.3 Å². The highest BCUT2D eigenvalue weighted by Gasteiger charge is 2.16. The van der Waals surface area contributed by atoms with Crippen molar-refractivity contribution in [2.75, 3.05) is 0 Å². The molecule has 2 aromatic rings. The lowest BCUT2D eigenvalue weighted by atomic mass is 9.99. The number of hydrogen-bond donors (Lipinski definition) is 0. The van der Waals surface area contributed by atoms with Crippen LogP contribution in [0.4, 0.5) is 0 Å². The molecule has 86 valence electrons. The smallest absolute Gasteiger partial charge is 0.222 e. The molecule has 17 heavy (non-hydrogen) atoms. The molecule has 0 fully saturated rings. The third-order valence-corrected chi connectivity index (χ3v) is 3.26. The molecule has 0 N–H and O–H groups in total. The molecule has 0 aliphatic heterocycles. The first-order valence-corrected chi connectivity index (χ1v) is 5.97. The Balaban J connectivity index is 2.19. The van der Waals surface area contributed by atoms with E-state index < -0.39 is 0 Å². The number of hydrogen-bond acceptors (Lipinski definition) is 2. The van der Waals surface area contributed by atoms with E-state index in [4.69, 9.17) is 11.6 Å². The van der Waals surface area contributed by atoms with Gasteiger partial charge in [0, 0.05) is 30.7 Å². The number of fused-ring (bicyclic) bond motifs is 1. The van der Waals surface area contributed by atoms with Crippen molar-refractivity contribution in [2.24, 2.45) is 7.05 Å². The van der Waals surface area contributed by atoms with E-state index in [-0.39, 0.29) is 0 Å². The van der Waals surface area contributed by atoms with Gasteiger partial charge in [-0.25, -0.2) is 9.97 Å². The Hall–Kier alpha value is -1.61. The molecule has 1 aliphatic rings. The lowest BCUT2D eigenvalue weighted by Gasteiger charge is -2.08. The fraction of sp³-hybridized carbons (Fsp3) is 0.231. The molecule has 0 spiro atoms. The molecule has 2 aromatic heterocycles. The Morgan fingerprint density at radius 1 is 1.41 bits per heavy atom. The highest BCUT2D eigenvalue weighted by atomic mass is 35.5. The average molecular weight is 246 g/mol. The van der Waals surface area contributed by atoms with E-state index >= 15 is 0 Å². The maximum absolute atomic E-state index is 5.84. The summed E-state index contributed by atoms with van der Waals surface area (Å²) in [7, 11) is 2.06. The van der Waals surface area contributed by atoms with Crippen LogP contribution < -0.4 is 0 Å². The summed E-state index contributed by atoms with van der Waals surface area (Å²) < 4.78 is 2.14. The minimum absolute atomic E-state index is 0.298. The predicted molar refractivity (Wildman–Crippen MR) is 68.8 cm³/mol. The van der Waals surface area contributed by atoms with Crippen LogP contribution in [-0.4, -0.2) is 14.5 Å². The first-order valence-electron chi connectivity index (χ1n) is 5.59. The van der Waals surface area contributed by atoms with Gasteiger partial charge in [0.1, 0.15) is 0 Å². The minimum atomic E-state index is 0.298. The summed E-state index contributed by atoms with van der Waals surface area (Å²) >= 11 is 5.84. The number of aryl methyl sites for hydroxylation is 1. The number of allylic oxidation sites excluding steroid dienone is 1. The van der Waals surface area contributed by atoms with Crippen molar-refractivity contribution < 1.29 is 0 Å². The molecule has 0 bridgehead atoms. The Kier molecular flexibility index (Phi) is 2.48. The lowest BCUT2D eigenvalue weighted by molar-refractivity contribution is 0.885. The summed E-state index contributed by atoms with van der Waals surface area (Å²) in [5.41, 5.74) is 4.68. The van der Waals surface area contributed by atoms with Crippen molar-refractivity contribution in [3.63, 3.8) is 0 Å². The molecule has 0 unspecified atom stereocenters. The lowest BCUT2D eigenvalue weighted by Crippen LogP contribution is -1.97. The molecule has 0 radical (unpaired) electrons. The number of nitrogens with zero attached hydrogens (tertiary/aromatic N) is 3. The van der Waals surface area contributed by atoms with Crippen LogP contribution in [0.1, 0.15) is 17.7 Å². The topological polar surface area (TPSA) is 30.7 Å². The highest BCUT2D eigenvalue weighted by molar-refractivity contribution is 6.28. The monoisotopic (exact) mass is 245 g/mol. The summed E-state index contributed by atoms with van der Waals surface area (Å²) in [5, 5.41) is 0.298. The molecule has 0 saturated carbocycles. The van der Waals surface area contributed by atoms with Gasteiger partial charge in [0.25, 0.3) is 0 Å². The van der Waals surface area contributed by atoms with Gasteiger partial charge in [-0.1, -0.05) is 6.08 Å². The van der Waals surface area contributed by atoms with Crippen molar-refractivity contribution in [3.05, 3.63) is 41.1 Å². The maximum atomic E-state index is 5.84. The third kappa shape index (κ3) is 1.76. The van der Waals surface area contributed by atoms with E-state index in [9.17, 15) is 0 Å². The molecule has 3 rings (SSSR count). The van der Waals surface area contributed by atoms with E-state index in [2.05, 4.69) is 39.9 Å². The van der Waals surface area contributed by atoms with Crippen molar-refractivity contribution in [3.8, 4) is 11.3 Å². The zero-order valence-corrected chi connectivity index (χ0v) is 10.3. The van der Waals surface area contributed by atoms with Gasteiger partial charge in [-0.2, -0.15) is 0 Å². The third-order valence-electron chi connectivity index (χ3n) is 3.08. The quantitative estimate of drug-likeness (QED) is 0.723. The van der Waals surface area contributed by atoms with Crippen LogP contribution in [0.3, 0.4) is 0 Å². The van der Waals surface area contributed by atoms with Crippen molar-refractivity contribution in [1.29, 1.82) is 0 Å². The zero-order chi connectivity index (χ0) is 11.8. The number of aromatic nitrogens is 3. The molecule has 1 aliphatic carbocycles. The molecule has 0 saturated heterocycles. The summed E-state index contributed by atoms with van der Waals surface area (Å²) in [6, 6.07) is 1.90. The fourth-order valence-electron chi connectivity index (χ4n) is 2.30. The largest absolute Gasteiger partial charge is 0.350 e. The van der Waals surface area contributed by atoms with Crippen molar-refractivity contribution >= 4 is 17.7 Å². The molecular weight excluding hydrogens is 234 g/mol. The molecule has 4 heteroatoms. The van der Waals surface area contributed by atoms with E-state index in [1.807, 2.05) is 6.07 Å². The van der Waals surface area contributed by atoms with E-state index in [0.717, 1.165) is 24.1 Å². The second-order valence-electron chi connectivity index (χ2n) is 4.17. The van der Waals surface area contributed by atoms with Gasteiger partial charge in [-0.05, 0) is 42.1 Å². The second kappa shape index (κ2) is 4.00. The molecule has 3 nitrogen and oxygen atoms in total. The van der Waals surface area contributed by atoms with Gasteiger partial charge >= 0.3 is 0 Å². The number of halogens is 1. The Labute approximate surface area is 105 Å². The number of rotatable bonds is 1. The van der Waals surface area contributed by atoms with Gasteiger partial charge in [0.2, 0.25) is 5.28 Å². The minimum Gasteiger partial charge on any atom is -0.350 e. The first-order chi connectivity index (χ1) is 8.25. The SMILES string of the molecule is Cn1cc(-c2ccnc(Cl)n2)c2c1C=CCC2. The van der Waals surface area contributed by atoms with Gasteiger partial charge in [0.05, 0.1) is 5.69 Å². The van der Waals surface area contributed by atoms with Crippen LogP contribution in [0, 0.1) is 0 Å². The standard InChI is InChI=1S/C13H12ClN3/c1-17-8-10(9-4-2-3-5-12(9)17)11-6-7-15-13(14)16-11/h3,5-8H,2,4H2,1H3. The van der Waals surface area contributed by atoms with Crippen molar-refractivity contribution in [1.82, 2.24) is 14.5 Å².